The van der Waals surface area contributed by atoms with Crippen LogP contribution in [0.25, 0.3) is 0 Å². The summed E-state index contributed by atoms with van der Waals surface area (Å²) in [5.41, 5.74) is -3.32. The monoisotopic (exact) mass is 1330 g/mol. The van der Waals surface area contributed by atoms with Crippen molar-refractivity contribution in [1.82, 2.24) is 36.8 Å². The summed E-state index contributed by atoms with van der Waals surface area (Å²) >= 11 is 0. The number of nitrogens with one attached hydrogen (secondary N) is 6. The second-order valence-electron chi connectivity index (χ2n) is 24.8. The van der Waals surface area contributed by atoms with Gasteiger partial charge in [0.05, 0.1) is 52.2 Å². The molecule has 6 amide bonds. The molecule has 2 heterocycles. The number of non-ortho nitro benzene ring substituents is 3. The van der Waals surface area contributed by atoms with Crippen LogP contribution >= 0.6 is 0 Å². The predicted molar refractivity (Wildman–Crippen MR) is 327 cm³/mol. The third kappa shape index (κ3) is 22.3. The molecule has 1 saturated carbocycles. The first kappa shape index (κ1) is 74.0. The number of nitro benzene ring substituents is 3. The Morgan fingerprint density at radius 2 is 1.16 bits per heavy atom. The van der Waals surface area contributed by atoms with Crippen LogP contribution in [0.15, 0.2) is 84.6 Å². The summed E-state index contributed by atoms with van der Waals surface area (Å²) in [5, 5.41) is 98.6. The Bertz CT molecular complexity index is 3140. The van der Waals surface area contributed by atoms with E-state index < -0.39 is 161 Å². The second-order valence-corrected chi connectivity index (χ2v) is 24.8. The van der Waals surface area contributed by atoms with Crippen molar-refractivity contribution in [3.05, 3.63) is 132 Å². The van der Waals surface area contributed by atoms with Crippen molar-refractivity contribution >= 4 is 53.4 Å². The number of likely N-dealkylation sites (N-methyl/N-ethyl adjacent to an activating group) is 1. The lowest BCUT2D eigenvalue weighted by Gasteiger charge is -2.52. The van der Waals surface area contributed by atoms with E-state index in [2.05, 4.69) is 31.9 Å². The average molecular weight is 1330 g/mol. The fraction of sp³-hybridized carbons (Fsp3) is 0.567. The number of alkyl carbamates (subject to hydrolysis) is 4. The number of rotatable bonds is 26. The van der Waals surface area contributed by atoms with Gasteiger partial charge in [0.15, 0.2) is 6.29 Å². The third-order valence-electron chi connectivity index (χ3n) is 14.9. The molecule has 34 heteroatoms. The van der Waals surface area contributed by atoms with Gasteiger partial charge < -0.3 is 95.1 Å². The van der Waals surface area contributed by atoms with E-state index in [-0.39, 0.29) is 62.1 Å². The highest BCUT2D eigenvalue weighted by Gasteiger charge is 2.56. The zero-order valence-corrected chi connectivity index (χ0v) is 53.1. The standard InChI is InChI=1S/C60H82N10O24/c1-58(2,3)93-54(76)62-26-9-25-61-29-40-22-23-41(65-55(77)88-31-35-12-18-38(19-13-35)69(83)84)48(91-40)45-42(66-56(78)89-32-36-14-20-39(21-15-36)70(85)86)28-43(64-51(74)44(71)24-27-63-53(75)87-30-34-10-16-37(17-11-34)68(81)82)49(46(45)72)92-52-47(73)50(60(7,80)33-90-52)67(8)57(79)94-59(4,5)6/h10-22,41-50,52,61,71-73,80H,9,23-33H2,1-8H3,(H,62,76)(H,63,75)(H,64,74)(H,65,77)(H,66,78)/t41-,42+,43-,44-,45?,46+,47-,48+,49+,50-,52-,60+/m1/s1. The van der Waals surface area contributed by atoms with Crippen molar-refractivity contribution in [3.8, 4) is 0 Å². The topological polar surface area (TPSA) is 462 Å². The van der Waals surface area contributed by atoms with Crippen molar-refractivity contribution in [1.29, 1.82) is 0 Å². The van der Waals surface area contributed by atoms with E-state index in [0.717, 1.165) is 4.90 Å². The van der Waals surface area contributed by atoms with E-state index in [1.165, 1.54) is 86.8 Å². The first-order chi connectivity index (χ1) is 44.2. The van der Waals surface area contributed by atoms with Gasteiger partial charge in [0, 0.05) is 68.5 Å². The van der Waals surface area contributed by atoms with Gasteiger partial charge in [-0.25, -0.2) is 24.0 Å². The average Bonchev–Trinajstić information content (AvgIpc) is 0.760. The van der Waals surface area contributed by atoms with Crippen LogP contribution in [-0.2, 0) is 62.5 Å². The minimum atomic E-state index is -2.01. The molecule has 0 spiro atoms. The molecular weight excluding hydrogens is 1240 g/mol. The van der Waals surface area contributed by atoms with Gasteiger partial charge in [-0.05, 0) is 140 Å². The summed E-state index contributed by atoms with van der Waals surface area (Å²) in [7, 11) is 1.25. The third-order valence-corrected chi connectivity index (χ3v) is 14.9. The summed E-state index contributed by atoms with van der Waals surface area (Å²) in [6, 6.07) is 9.82. The molecule has 3 aromatic rings. The van der Waals surface area contributed by atoms with Crippen molar-refractivity contribution < 1.29 is 102 Å². The molecule has 1 unspecified atom stereocenters. The number of nitrogens with zero attached hydrogens (tertiary/aromatic N) is 4. The molecule has 3 aliphatic rings. The molecule has 2 fully saturated rings. The largest absolute Gasteiger partial charge is 0.491 e. The van der Waals surface area contributed by atoms with Crippen molar-refractivity contribution in [2.45, 2.75) is 172 Å². The molecule has 0 aromatic heterocycles. The number of hydrogen-bond acceptors (Lipinski definition) is 25. The van der Waals surface area contributed by atoms with E-state index >= 15 is 0 Å². The van der Waals surface area contributed by atoms with Gasteiger partial charge in [-0.2, -0.15) is 0 Å². The number of benzene rings is 3. The van der Waals surface area contributed by atoms with E-state index in [4.69, 9.17) is 37.9 Å². The number of aliphatic hydroxyl groups is 4. The second kappa shape index (κ2) is 33.2. The maximum atomic E-state index is 14.2. The molecule has 1 aliphatic carbocycles. The smallest absolute Gasteiger partial charge is 0.410 e. The molecule has 94 heavy (non-hydrogen) atoms. The molecule has 2 aliphatic heterocycles. The van der Waals surface area contributed by atoms with Crippen molar-refractivity contribution in [2.75, 3.05) is 39.8 Å². The Labute approximate surface area is 539 Å². The number of carbonyl (C=O) groups excluding carboxylic acids is 6. The zero-order chi connectivity index (χ0) is 69.2. The minimum absolute atomic E-state index is 0.00981. The Balaban J connectivity index is 1.34. The summed E-state index contributed by atoms with van der Waals surface area (Å²) in [6.45, 7) is 9.66. The zero-order valence-electron chi connectivity index (χ0n) is 53.1. The number of aliphatic hydroxyl groups excluding tert-OH is 3. The maximum absolute atomic E-state index is 14.2. The van der Waals surface area contributed by atoms with Crippen LogP contribution < -0.4 is 31.9 Å². The van der Waals surface area contributed by atoms with Gasteiger partial charge in [-0.15, -0.1) is 0 Å². The molecule has 34 nitrogen and oxygen atoms in total. The fourth-order valence-corrected chi connectivity index (χ4v) is 10.4. The molecule has 10 N–H and O–H groups in total. The first-order valence-electron chi connectivity index (χ1n) is 30.0. The molecule has 3 aromatic carbocycles. The van der Waals surface area contributed by atoms with Gasteiger partial charge in [-0.3, -0.25) is 35.1 Å². The van der Waals surface area contributed by atoms with Crippen molar-refractivity contribution in [2.24, 2.45) is 5.92 Å². The summed E-state index contributed by atoms with van der Waals surface area (Å²) in [6.07, 6.45) is -14.7. The normalized spacial score (nSPS) is 23.9. The van der Waals surface area contributed by atoms with Crippen LogP contribution in [0, 0.1) is 36.3 Å². The number of carbonyl (C=O) groups is 6. The number of hydrogen-bond donors (Lipinski definition) is 10. The molecule has 6 rings (SSSR count). The molecule has 1 saturated heterocycles. The Morgan fingerprint density at radius 3 is 1.66 bits per heavy atom. The van der Waals surface area contributed by atoms with E-state index in [9.17, 15) is 79.5 Å². The van der Waals surface area contributed by atoms with Crippen molar-refractivity contribution in [3.63, 3.8) is 0 Å². The van der Waals surface area contributed by atoms with Crippen LogP contribution in [0.2, 0.25) is 0 Å². The SMILES string of the molecule is CN(C(=O)OC(C)(C)C)[C@@H]1[C@@H](O)[C@@H](O[C@H]2[C@H](NC(=O)[C@H](O)CCNC(=O)OCc3ccc([N+](=O)[O-])cc3)C[C@H](NC(=O)OCc3ccc([N+](=O)[O-])cc3)C([C@H]3OC(CNCCCNC(=O)OC(C)(C)C)=CC[C@H]3NC(=O)OCc3ccc([N+](=O)[O-])cc3)[C@@H]2O)OC[C@]1(C)O. The van der Waals surface area contributed by atoms with Gasteiger partial charge in [0.25, 0.3) is 17.1 Å². The van der Waals surface area contributed by atoms with Crippen LogP contribution in [0.3, 0.4) is 0 Å². The van der Waals surface area contributed by atoms with Gasteiger partial charge in [0.1, 0.15) is 66.8 Å². The highest BCUT2D eigenvalue weighted by atomic mass is 16.7. The van der Waals surface area contributed by atoms with Crippen LogP contribution in [0.1, 0.15) is 90.8 Å². The Kier molecular flexibility index (Phi) is 26.1. The molecule has 516 valence electrons. The lowest BCUT2D eigenvalue weighted by Crippen LogP contribution is -2.71. The fourth-order valence-electron chi connectivity index (χ4n) is 10.4. The molecule has 0 radical (unpaired) electrons. The highest BCUT2D eigenvalue weighted by Crippen LogP contribution is 2.39. The Hall–Kier alpha value is -9.06. The molecule has 12 atom stereocenters. The molecule has 0 bridgehead atoms. The van der Waals surface area contributed by atoms with E-state index in [1.807, 2.05) is 0 Å². The highest BCUT2D eigenvalue weighted by molar-refractivity contribution is 5.81. The van der Waals surface area contributed by atoms with Gasteiger partial charge >= 0.3 is 30.5 Å². The minimum Gasteiger partial charge on any atom is -0.491 e. The summed E-state index contributed by atoms with van der Waals surface area (Å²) in [5.74, 6) is -2.36. The number of nitro groups is 3. The maximum Gasteiger partial charge on any atom is 0.410 e. The first-order valence-corrected chi connectivity index (χ1v) is 30.0. The van der Waals surface area contributed by atoms with Gasteiger partial charge in [0.2, 0.25) is 5.91 Å². The van der Waals surface area contributed by atoms with Gasteiger partial charge in [-0.1, -0.05) is 0 Å². The number of ether oxygens (including phenoxy) is 8. The molecular formula is C60H82N10O24. The van der Waals surface area contributed by atoms with E-state index in [0.29, 0.717) is 29.7 Å². The predicted octanol–water partition coefficient (Wildman–Crippen LogP) is 4.11. The Morgan fingerprint density at radius 1 is 0.670 bits per heavy atom. The van der Waals surface area contributed by atoms with Crippen LogP contribution in [-0.4, -0.2) is 194 Å². The summed E-state index contributed by atoms with van der Waals surface area (Å²) in [4.78, 5) is 114. The van der Waals surface area contributed by atoms with E-state index in [1.54, 1.807) is 47.6 Å². The summed E-state index contributed by atoms with van der Waals surface area (Å²) < 4.78 is 46.4. The van der Waals surface area contributed by atoms with Crippen LogP contribution in [0.4, 0.5) is 41.0 Å². The van der Waals surface area contributed by atoms with Crippen LogP contribution in [0.5, 0.6) is 0 Å². The lowest BCUT2D eigenvalue weighted by molar-refractivity contribution is -0.385. The number of amides is 6. The lowest BCUT2D eigenvalue weighted by atomic mass is 9.72. The quantitative estimate of drug-likeness (QED) is 0.0234.